The van der Waals surface area contributed by atoms with Gasteiger partial charge in [0.1, 0.15) is 11.5 Å². The van der Waals surface area contributed by atoms with E-state index >= 15 is 0 Å². The van der Waals surface area contributed by atoms with Crippen LogP contribution in [-0.4, -0.2) is 14.2 Å². The van der Waals surface area contributed by atoms with E-state index in [0.717, 1.165) is 46.1 Å². The van der Waals surface area contributed by atoms with Crippen LogP contribution in [0.25, 0.3) is 11.1 Å². The summed E-state index contributed by atoms with van der Waals surface area (Å²) in [5.74, 6) is 1.75. The Morgan fingerprint density at radius 3 is 2.30 bits per heavy atom. The number of ether oxygens (including phenoxy) is 2. The van der Waals surface area contributed by atoms with Crippen LogP contribution < -0.4 is 4.74 Å². The zero-order valence-corrected chi connectivity index (χ0v) is 14.1. The predicted molar refractivity (Wildman–Crippen MR) is 95.6 cm³/mol. The quantitative estimate of drug-likeness (QED) is 0.729. The van der Waals surface area contributed by atoms with Gasteiger partial charge in [-0.25, -0.2) is 0 Å². The zero-order chi connectivity index (χ0) is 16.2. The number of hydrogen-bond acceptors (Lipinski definition) is 2. The molecule has 2 aromatic carbocycles. The molecule has 3 rings (SSSR count). The summed E-state index contributed by atoms with van der Waals surface area (Å²) in [6, 6.07) is 16.0. The third kappa shape index (κ3) is 3.13. The molecule has 0 unspecified atom stereocenters. The molecule has 1 aliphatic rings. The molecule has 0 aromatic heterocycles. The van der Waals surface area contributed by atoms with Gasteiger partial charge >= 0.3 is 0 Å². The van der Waals surface area contributed by atoms with Crippen LogP contribution in [0.5, 0.6) is 5.75 Å². The van der Waals surface area contributed by atoms with E-state index in [2.05, 4.69) is 18.2 Å². The summed E-state index contributed by atoms with van der Waals surface area (Å²) in [4.78, 5) is 0. The predicted octanol–water partition coefficient (Wildman–Crippen LogP) is 5.58. The highest BCUT2D eigenvalue weighted by Gasteiger charge is 2.21. The van der Waals surface area contributed by atoms with Gasteiger partial charge in [-0.1, -0.05) is 48.0 Å². The second-order valence-electron chi connectivity index (χ2n) is 5.38. The van der Waals surface area contributed by atoms with Crippen molar-refractivity contribution in [3.63, 3.8) is 0 Å². The van der Waals surface area contributed by atoms with Crippen LogP contribution in [0.2, 0.25) is 5.02 Å². The number of halogens is 1. The van der Waals surface area contributed by atoms with Gasteiger partial charge in [-0.2, -0.15) is 0 Å². The van der Waals surface area contributed by atoms with E-state index in [1.54, 1.807) is 14.2 Å². The van der Waals surface area contributed by atoms with E-state index in [1.165, 1.54) is 5.57 Å². The third-order valence-electron chi connectivity index (χ3n) is 4.07. The molecule has 0 fully saturated rings. The van der Waals surface area contributed by atoms with Crippen LogP contribution in [0.1, 0.15) is 24.0 Å². The summed E-state index contributed by atoms with van der Waals surface area (Å²) in [5, 5.41) is 0.740. The number of allylic oxidation sites excluding steroid dienone is 3. The van der Waals surface area contributed by atoms with Crippen molar-refractivity contribution in [3.8, 4) is 5.75 Å². The van der Waals surface area contributed by atoms with Gasteiger partial charge in [0.25, 0.3) is 0 Å². The standard InChI is InChI=1S/C20H19ClO2/c1-22-15-12-10-14(11-13-15)16-7-5-8-18(20(16)23-2)17-6-3-4-9-19(17)21/h3-4,6,8-13H,5,7H2,1-2H3. The normalized spacial score (nSPS) is 14.5. The molecule has 118 valence electrons. The SMILES string of the molecule is COC1=C(c2ccc(OC)cc2)CCC=C1c1ccccc1Cl. The first kappa shape index (κ1) is 15.7. The lowest BCUT2D eigenvalue weighted by Crippen LogP contribution is -2.03. The van der Waals surface area contributed by atoms with Gasteiger partial charge in [0.2, 0.25) is 0 Å². The molecule has 3 heteroatoms. The highest BCUT2D eigenvalue weighted by atomic mass is 35.5. The van der Waals surface area contributed by atoms with Crippen LogP contribution >= 0.6 is 11.6 Å². The first-order valence-corrected chi connectivity index (χ1v) is 7.99. The molecule has 0 aliphatic heterocycles. The molecule has 2 nitrogen and oxygen atoms in total. The molecular weight excluding hydrogens is 308 g/mol. The van der Waals surface area contributed by atoms with Crippen molar-refractivity contribution in [2.75, 3.05) is 14.2 Å². The highest BCUT2D eigenvalue weighted by Crippen LogP contribution is 2.40. The van der Waals surface area contributed by atoms with E-state index in [9.17, 15) is 0 Å². The maximum Gasteiger partial charge on any atom is 0.130 e. The molecule has 0 amide bonds. The maximum absolute atomic E-state index is 6.38. The Morgan fingerprint density at radius 2 is 1.65 bits per heavy atom. The molecule has 0 saturated heterocycles. The Hall–Kier alpha value is -2.19. The molecular formula is C20H19ClO2. The van der Waals surface area contributed by atoms with E-state index in [0.29, 0.717) is 0 Å². The molecule has 1 aliphatic carbocycles. The molecule has 0 heterocycles. The third-order valence-corrected chi connectivity index (χ3v) is 4.40. The van der Waals surface area contributed by atoms with Gasteiger partial charge in [0.15, 0.2) is 0 Å². The molecule has 0 bridgehead atoms. The van der Waals surface area contributed by atoms with E-state index in [4.69, 9.17) is 21.1 Å². The lowest BCUT2D eigenvalue weighted by molar-refractivity contribution is 0.311. The first-order valence-electron chi connectivity index (χ1n) is 7.61. The highest BCUT2D eigenvalue weighted by molar-refractivity contribution is 6.32. The topological polar surface area (TPSA) is 18.5 Å². The van der Waals surface area contributed by atoms with Gasteiger partial charge in [-0.05, 0) is 36.6 Å². The van der Waals surface area contributed by atoms with Crippen molar-refractivity contribution in [3.05, 3.63) is 76.5 Å². The van der Waals surface area contributed by atoms with E-state index in [-0.39, 0.29) is 0 Å². The van der Waals surface area contributed by atoms with Crippen molar-refractivity contribution in [1.82, 2.24) is 0 Å². The summed E-state index contributed by atoms with van der Waals surface area (Å²) >= 11 is 6.38. The van der Waals surface area contributed by atoms with E-state index < -0.39 is 0 Å². The fourth-order valence-corrected chi connectivity index (χ4v) is 3.18. The van der Waals surface area contributed by atoms with Crippen molar-refractivity contribution in [2.45, 2.75) is 12.8 Å². The maximum atomic E-state index is 6.38. The number of methoxy groups -OCH3 is 2. The lowest BCUT2D eigenvalue weighted by atomic mass is 9.89. The Morgan fingerprint density at radius 1 is 0.913 bits per heavy atom. The molecule has 23 heavy (non-hydrogen) atoms. The summed E-state index contributed by atoms with van der Waals surface area (Å²) in [7, 11) is 3.39. The molecule has 0 radical (unpaired) electrons. The minimum atomic E-state index is 0.740. The van der Waals surface area contributed by atoms with Crippen LogP contribution in [0.15, 0.2) is 60.4 Å². The smallest absolute Gasteiger partial charge is 0.130 e. The fraction of sp³-hybridized carbons (Fsp3) is 0.200. The monoisotopic (exact) mass is 326 g/mol. The number of benzene rings is 2. The van der Waals surface area contributed by atoms with Crippen LogP contribution in [0.4, 0.5) is 0 Å². The van der Waals surface area contributed by atoms with Crippen molar-refractivity contribution in [2.24, 2.45) is 0 Å². The summed E-state index contributed by atoms with van der Waals surface area (Å²) in [5.41, 5.74) is 4.43. The van der Waals surface area contributed by atoms with Gasteiger partial charge in [0, 0.05) is 21.7 Å². The minimum absolute atomic E-state index is 0.740. The van der Waals surface area contributed by atoms with Crippen LogP contribution in [0, 0.1) is 0 Å². The second kappa shape index (κ2) is 6.93. The van der Waals surface area contributed by atoms with Gasteiger partial charge < -0.3 is 9.47 Å². The van der Waals surface area contributed by atoms with Gasteiger partial charge in [-0.15, -0.1) is 0 Å². The van der Waals surface area contributed by atoms with Crippen molar-refractivity contribution < 1.29 is 9.47 Å². The molecule has 0 spiro atoms. The average molecular weight is 327 g/mol. The Labute approximate surface area is 142 Å². The molecule has 0 atom stereocenters. The summed E-state index contributed by atoms with van der Waals surface area (Å²) < 4.78 is 11.0. The Balaban J connectivity index is 2.07. The van der Waals surface area contributed by atoms with Crippen molar-refractivity contribution >= 4 is 22.7 Å². The minimum Gasteiger partial charge on any atom is -0.497 e. The molecule has 0 N–H and O–H groups in total. The van der Waals surface area contributed by atoms with Gasteiger partial charge in [-0.3, -0.25) is 0 Å². The summed E-state index contributed by atoms with van der Waals surface area (Å²) in [6.45, 7) is 0. The average Bonchev–Trinajstić information content (AvgIpc) is 2.61. The first-order chi connectivity index (χ1) is 11.2. The lowest BCUT2D eigenvalue weighted by Gasteiger charge is -2.22. The fourth-order valence-electron chi connectivity index (χ4n) is 2.94. The van der Waals surface area contributed by atoms with Crippen molar-refractivity contribution in [1.29, 1.82) is 0 Å². The number of hydrogen-bond donors (Lipinski definition) is 0. The van der Waals surface area contributed by atoms with E-state index in [1.807, 2.05) is 36.4 Å². The Bertz CT molecular complexity index is 757. The van der Waals surface area contributed by atoms with Crippen LogP contribution in [-0.2, 0) is 4.74 Å². The molecule has 0 saturated carbocycles. The Kier molecular flexibility index (Phi) is 4.73. The zero-order valence-electron chi connectivity index (χ0n) is 13.3. The second-order valence-corrected chi connectivity index (χ2v) is 5.78. The number of rotatable bonds is 4. The van der Waals surface area contributed by atoms with Crippen LogP contribution in [0.3, 0.4) is 0 Å². The largest absolute Gasteiger partial charge is 0.497 e. The van der Waals surface area contributed by atoms with Gasteiger partial charge in [0.05, 0.1) is 14.2 Å². The molecule has 2 aromatic rings. The summed E-state index contributed by atoms with van der Waals surface area (Å²) in [6.07, 6.45) is 4.12.